The van der Waals surface area contributed by atoms with Crippen molar-refractivity contribution in [3.63, 3.8) is 0 Å². The largest absolute Gasteiger partial charge is 0.411 e. The number of ether oxygens (including phenoxy) is 2. The Morgan fingerprint density at radius 1 is 0.972 bits per heavy atom. The molecule has 0 spiro atoms. The first-order chi connectivity index (χ1) is 17.0. The van der Waals surface area contributed by atoms with Crippen LogP contribution in [-0.2, 0) is 27.2 Å². The molecule has 0 N–H and O–H groups in total. The summed E-state index contributed by atoms with van der Waals surface area (Å²) in [4.78, 5) is 0. The second-order valence-electron chi connectivity index (χ2n) is 10.9. The van der Waals surface area contributed by atoms with Crippen molar-refractivity contribution < 1.29 is 13.9 Å². The lowest BCUT2D eigenvalue weighted by atomic mass is 9.96. The van der Waals surface area contributed by atoms with Crippen molar-refractivity contribution in [1.82, 2.24) is 25.2 Å². The van der Waals surface area contributed by atoms with E-state index in [1.807, 2.05) is 23.0 Å². The molecule has 1 aromatic carbocycles. The number of hydrogen-bond donors (Lipinski definition) is 0. The average molecular weight is 516 g/mol. The molecule has 0 bridgehead atoms. The summed E-state index contributed by atoms with van der Waals surface area (Å²) in [6.45, 7) is 18.9. The maximum Gasteiger partial charge on any atom is 0.277 e. The van der Waals surface area contributed by atoms with Crippen molar-refractivity contribution in [2.75, 3.05) is 13.2 Å². The monoisotopic (exact) mass is 515 g/mol. The molecular formula is C27H41N5O3S. The molecule has 0 unspecified atom stereocenters. The zero-order valence-electron chi connectivity index (χ0n) is 22.9. The third-order valence-electron chi connectivity index (χ3n) is 6.00. The highest BCUT2D eigenvalue weighted by molar-refractivity contribution is 7.99. The van der Waals surface area contributed by atoms with Crippen molar-refractivity contribution >= 4 is 11.8 Å². The van der Waals surface area contributed by atoms with Crippen LogP contribution < -0.4 is 0 Å². The first-order valence-corrected chi connectivity index (χ1v) is 13.6. The zero-order chi connectivity index (χ0) is 26.3. The van der Waals surface area contributed by atoms with Crippen LogP contribution >= 0.6 is 11.8 Å². The topological polar surface area (TPSA) is 88.1 Å². The maximum atomic E-state index is 6.33. The van der Waals surface area contributed by atoms with Crippen LogP contribution in [-0.4, -0.2) is 43.7 Å². The van der Waals surface area contributed by atoms with E-state index in [2.05, 4.69) is 88.0 Å². The smallest absolute Gasteiger partial charge is 0.277 e. The van der Waals surface area contributed by atoms with Gasteiger partial charge in [0.2, 0.25) is 5.89 Å². The SMILES string of the molecule is CC(C)CCOCc1cn(C(C)(C)CCOC(C)(C)c2ccc(-c3nnc(SC(C)C)o3)cc2)nn1. The number of rotatable bonds is 14. The van der Waals surface area contributed by atoms with Gasteiger partial charge in [0.25, 0.3) is 5.22 Å². The van der Waals surface area contributed by atoms with E-state index in [1.165, 1.54) is 0 Å². The van der Waals surface area contributed by atoms with Gasteiger partial charge in [0.15, 0.2) is 0 Å². The molecule has 9 heteroatoms. The number of nitrogens with zero attached hydrogens (tertiary/aromatic N) is 5. The molecule has 0 aliphatic carbocycles. The summed E-state index contributed by atoms with van der Waals surface area (Å²) in [5.41, 5.74) is 2.16. The van der Waals surface area contributed by atoms with Crippen LogP contribution in [0.2, 0.25) is 0 Å². The van der Waals surface area contributed by atoms with Crippen LogP contribution in [0.5, 0.6) is 0 Å². The highest BCUT2D eigenvalue weighted by Gasteiger charge is 2.26. The predicted octanol–water partition coefficient (Wildman–Crippen LogP) is 6.47. The number of thioether (sulfide) groups is 1. The summed E-state index contributed by atoms with van der Waals surface area (Å²) in [7, 11) is 0. The minimum Gasteiger partial charge on any atom is -0.411 e. The lowest BCUT2D eigenvalue weighted by Crippen LogP contribution is -2.31. The Morgan fingerprint density at radius 2 is 1.69 bits per heavy atom. The van der Waals surface area contributed by atoms with Gasteiger partial charge in [-0.25, -0.2) is 4.68 Å². The highest BCUT2D eigenvalue weighted by Crippen LogP contribution is 2.30. The van der Waals surface area contributed by atoms with Crippen LogP contribution in [0.25, 0.3) is 11.5 Å². The second kappa shape index (κ2) is 12.3. The van der Waals surface area contributed by atoms with Crippen molar-refractivity contribution in [3.8, 4) is 11.5 Å². The molecule has 3 rings (SSSR count). The maximum absolute atomic E-state index is 6.33. The van der Waals surface area contributed by atoms with Gasteiger partial charge in [0.1, 0.15) is 5.69 Å². The Hall–Kier alpha value is -2.23. The van der Waals surface area contributed by atoms with Crippen molar-refractivity contribution in [2.24, 2.45) is 5.92 Å². The molecule has 0 atom stereocenters. The van der Waals surface area contributed by atoms with Gasteiger partial charge in [-0.1, -0.05) is 56.8 Å². The minimum atomic E-state index is -0.445. The molecular weight excluding hydrogens is 474 g/mol. The van der Waals surface area contributed by atoms with E-state index in [-0.39, 0.29) is 5.54 Å². The fourth-order valence-corrected chi connectivity index (χ4v) is 4.12. The Bertz CT molecular complexity index is 1070. The number of aromatic nitrogens is 5. The standard InChI is InChI=1S/C27H41N5O3S/c1-19(2)13-15-33-18-23-17-32(31-28-23)26(5,6)14-16-34-27(7,8)22-11-9-21(10-12-22)24-29-30-25(35-24)36-20(3)4/h9-12,17,19-20H,13-16,18H2,1-8H3. The Labute approximate surface area is 219 Å². The summed E-state index contributed by atoms with van der Waals surface area (Å²) in [5, 5.41) is 17.9. The second-order valence-corrected chi connectivity index (χ2v) is 12.5. The summed E-state index contributed by atoms with van der Waals surface area (Å²) in [6.07, 6.45) is 3.82. The molecule has 2 heterocycles. The molecule has 36 heavy (non-hydrogen) atoms. The summed E-state index contributed by atoms with van der Waals surface area (Å²) < 4.78 is 19.8. The predicted molar refractivity (Wildman–Crippen MR) is 143 cm³/mol. The van der Waals surface area contributed by atoms with Crippen molar-refractivity contribution in [3.05, 3.63) is 41.7 Å². The molecule has 0 fully saturated rings. The van der Waals surface area contributed by atoms with Gasteiger partial charge in [-0.3, -0.25) is 0 Å². The van der Waals surface area contributed by atoms with E-state index in [0.717, 1.165) is 36.3 Å². The molecule has 0 radical (unpaired) electrons. The molecule has 3 aromatic rings. The van der Waals surface area contributed by atoms with Crippen LogP contribution in [0.4, 0.5) is 0 Å². The van der Waals surface area contributed by atoms with Gasteiger partial charge in [0.05, 0.1) is 30.6 Å². The Morgan fingerprint density at radius 3 is 2.36 bits per heavy atom. The third kappa shape index (κ3) is 8.15. The normalized spacial score (nSPS) is 12.7. The van der Waals surface area contributed by atoms with Gasteiger partial charge in [-0.2, -0.15) is 0 Å². The zero-order valence-corrected chi connectivity index (χ0v) is 23.8. The van der Waals surface area contributed by atoms with E-state index < -0.39 is 5.60 Å². The molecule has 0 amide bonds. The molecule has 0 aliphatic heterocycles. The van der Waals surface area contributed by atoms with E-state index >= 15 is 0 Å². The van der Waals surface area contributed by atoms with E-state index in [9.17, 15) is 0 Å². The molecule has 198 valence electrons. The lowest BCUT2D eigenvalue weighted by Gasteiger charge is -2.30. The van der Waals surface area contributed by atoms with Gasteiger partial charge in [-0.05, 0) is 64.2 Å². The number of hydrogen-bond acceptors (Lipinski definition) is 8. The molecule has 2 aromatic heterocycles. The summed E-state index contributed by atoms with van der Waals surface area (Å²) in [6, 6.07) is 8.12. The Kier molecular flexibility index (Phi) is 9.72. The van der Waals surface area contributed by atoms with Gasteiger partial charge in [-0.15, -0.1) is 15.3 Å². The van der Waals surface area contributed by atoms with Crippen LogP contribution in [0.15, 0.2) is 40.1 Å². The van der Waals surface area contributed by atoms with Crippen LogP contribution in [0.3, 0.4) is 0 Å². The first kappa shape index (κ1) is 28.3. The van der Waals surface area contributed by atoms with E-state index in [0.29, 0.717) is 35.5 Å². The minimum absolute atomic E-state index is 0.229. The number of benzene rings is 1. The summed E-state index contributed by atoms with van der Waals surface area (Å²) in [5.74, 6) is 1.16. The fourth-order valence-electron chi connectivity index (χ4n) is 3.50. The molecule has 0 saturated carbocycles. The highest BCUT2D eigenvalue weighted by atomic mass is 32.2. The van der Waals surface area contributed by atoms with Gasteiger partial charge < -0.3 is 13.9 Å². The van der Waals surface area contributed by atoms with Gasteiger partial charge in [0, 0.05) is 17.4 Å². The Balaban J connectivity index is 1.52. The van der Waals surface area contributed by atoms with E-state index in [4.69, 9.17) is 13.9 Å². The van der Waals surface area contributed by atoms with Gasteiger partial charge >= 0.3 is 0 Å². The molecule has 8 nitrogen and oxygen atoms in total. The molecule has 0 aliphatic rings. The van der Waals surface area contributed by atoms with Crippen LogP contribution in [0, 0.1) is 5.92 Å². The quantitative estimate of drug-likeness (QED) is 0.178. The third-order valence-corrected chi connectivity index (χ3v) is 6.84. The van der Waals surface area contributed by atoms with Crippen molar-refractivity contribution in [1.29, 1.82) is 0 Å². The molecule has 0 saturated heterocycles. The fraction of sp³-hybridized carbons (Fsp3) is 0.630. The summed E-state index contributed by atoms with van der Waals surface area (Å²) >= 11 is 1.56. The lowest BCUT2D eigenvalue weighted by molar-refractivity contribution is -0.0329. The van der Waals surface area contributed by atoms with Crippen LogP contribution in [0.1, 0.15) is 79.5 Å². The van der Waals surface area contributed by atoms with E-state index in [1.54, 1.807) is 11.8 Å². The first-order valence-electron chi connectivity index (χ1n) is 12.7. The van der Waals surface area contributed by atoms with Crippen molar-refractivity contribution in [2.45, 2.75) is 96.5 Å². The average Bonchev–Trinajstić information content (AvgIpc) is 3.46.